The first kappa shape index (κ1) is 22.6. The van der Waals surface area contributed by atoms with Crippen LogP contribution in [0.3, 0.4) is 0 Å². The van der Waals surface area contributed by atoms with Crippen LogP contribution in [0.4, 0.5) is 4.79 Å². The number of alkyl carbamates (subject to hydrolysis) is 1. The third-order valence-electron chi connectivity index (χ3n) is 6.54. The second-order valence-electron chi connectivity index (χ2n) is 8.72. The van der Waals surface area contributed by atoms with E-state index in [1.807, 2.05) is 24.3 Å². The molecule has 0 spiro atoms. The van der Waals surface area contributed by atoms with E-state index >= 15 is 0 Å². The molecule has 0 unspecified atom stereocenters. The second kappa shape index (κ2) is 9.48. The maximum atomic E-state index is 12.7. The number of nitrogens with one attached hydrogen (secondary N) is 1. The number of amides is 2. The Morgan fingerprint density at radius 2 is 1.70 bits per heavy atom. The molecule has 0 heterocycles. The summed E-state index contributed by atoms with van der Waals surface area (Å²) >= 11 is 0. The molecule has 33 heavy (non-hydrogen) atoms. The molecular weight excluding hydrogens is 420 g/mol. The van der Waals surface area contributed by atoms with Crippen molar-refractivity contribution in [3.05, 3.63) is 72.3 Å². The van der Waals surface area contributed by atoms with Crippen LogP contribution in [0.15, 0.2) is 61.2 Å². The van der Waals surface area contributed by atoms with Crippen LogP contribution in [-0.4, -0.2) is 53.2 Å². The zero-order valence-corrected chi connectivity index (χ0v) is 18.5. The molecule has 2 aromatic carbocycles. The smallest absolute Gasteiger partial charge is 0.407 e. The first-order valence-electron chi connectivity index (χ1n) is 11.2. The molecule has 0 bridgehead atoms. The average molecular weight is 449 g/mol. The lowest BCUT2D eigenvalue weighted by atomic mass is 9.74. The van der Waals surface area contributed by atoms with Crippen LogP contribution in [-0.2, 0) is 14.3 Å². The molecule has 1 saturated carbocycles. The Morgan fingerprint density at radius 3 is 2.21 bits per heavy atom. The molecule has 7 heteroatoms. The van der Waals surface area contributed by atoms with Crippen molar-refractivity contribution in [1.29, 1.82) is 0 Å². The fraction of sp³-hybridized carbons (Fsp3) is 0.346. The molecule has 2 N–H and O–H groups in total. The molecule has 172 valence electrons. The molecule has 0 radical (unpaired) electrons. The highest BCUT2D eigenvalue weighted by atomic mass is 16.5. The lowest BCUT2D eigenvalue weighted by Gasteiger charge is -2.42. The minimum atomic E-state index is -1.09. The van der Waals surface area contributed by atoms with Crippen LogP contribution in [0.25, 0.3) is 11.1 Å². The first-order chi connectivity index (χ1) is 15.9. The van der Waals surface area contributed by atoms with Crippen molar-refractivity contribution >= 4 is 18.0 Å². The van der Waals surface area contributed by atoms with Gasteiger partial charge in [-0.05, 0) is 41.5 Å². The zero-order valence-electron chi connectivity index (χ0n) is 18.5. The summed E-state index contributed by atoms with van der Waals surface area (Å²) < 4.78 is 5.64. The average Bonchev–Trinajstić information content (AvgIpc) is 3.09. The summed E-state index contributed by atoms with van der Waals surface area (Å²) in [6.07, 6.45) is 3.16. The SMILES string of the molecule is C=CCN(CC(=O)O)C(=O)CC1(NC(=O)OCC2c3ccccc3-c3ccccc32)CCC1. The second-order valence-corrected chi connectivity index (χ2v) is 8.72. The molecule has 2 aliphatic carbocycles. The number of hydrogen-bond donors (Lipinski definition) is 2. The highest BCUT2D eigenvalue weighted by Gasteiger charge is 2.42. The molecule has 4 rings (SSSR count). The topological polar surface area (TPSA) is 95.9 Å². The van der Waals surface area contributed by atoms with Gasteiger partial charge in [0.25, 0.3) is 0 Å². The van der Waals surface area contributed by atoms with Crippen LogP contribution in [0.1, 0.15) is 42.7 Å². The maximum absolute atomic E-state index is 12.7. The highest BCUT2D eigenvalue weighted by Crippen LogP contribution is 2.44. The van der Waals surface area contributed by atoms with Crippen molar-refractivity contribution in [3.8, 4) is 11.1 Å². The molecule has 0 aromatic heterocycles. The molecule has 0 saturated heterocycles. The van der Waals surface area contributed by atoms with Crippen molar-refractivity contribution in [2.45, 2.75) is 37.1 Å². The zero-order chi connectivity index (χ0) is 23.4. The van der Waals surface area contributed by atoms with E-state index in [2.05, 4.69) is 36.2 Å². The Bertz CT molecular complexity index is 1030. The van der Waals surface area contributed by atoms with Gasteiger partial charge in [-0.3, -0.25) is 9.59 Å². The molecule has 2 amide bonds. The number of rotatable bonds is 9. The predicted octanol–water partition coefficient (Wildman–Crippen LogP) is 3.94. The molecule has 0 atom stereocenters. The lowest BCUT2D eigenvalue weighted by Crippen LogP contribution is -2.56. The van der Waals surface area contributed by atoms with Crippen LogP contribution >= 0.6 is 0 Å². The summed E-state index contributed by atoms with van der Waals surface area (Å²) in [6.45, 7) is 3.53. The number of nitrogens with zero attached hydrogens (tertiary/aromatic N) is 1. The summed E-state index contributed by atoms with van der Waals surface area (Å²) in [4.78, 5) is 37.8. The summed E-state index contributed by atoms with van der Waals surface area (Å²) in [5.74, 6) is -1.45. The van der Waals surface area contributed by atoms with Crippen LogP contribution < -0.4 is 5.32 Å². The summed E-state index contributed by atoms with van der Waals surface area (Å²) in [6, 6.07) is 16.3. The number of benzene rings is 2. The van der Waals surface area contributed by atoms with Gasteiger partial charge in [-0.15, -0.1) is 6.58 Å². The maximum Gasteiger partial charge on any atom is 0.407 e. The van der Waals surface area contributed by atoms with Crippen molar-refractivity contribution in [2.75, 3.05) is 19.7 Å². The van der Waals surface area contributed by atoms with Crippen molar-refractivity contribution in [2.24, 2.45) is 0 Å². The largest absolute Gasteiger partial charge is 0.480 e. The number of hydrogen-bond acceptors (Lipinski definition) is 4. The van der Waals surface area contributed by atoms with E-state index in [1.54, 1.807) is 0 Å². The fourth-order valence-corrected chi connectivity index (χ4v) is 4.78. The van der Waals surface area contributed by atoms with E-state index in [1.165, 1.54) is 11.0 Å². The number of carbonyl (C=O) groups excluding carboxylic acids is 2. The van der Waals surface area contributed by atoms with E-state index in [0.717, 1.165) is 28.7 Å². The van der Waals surface area contributed by atoms with Gasteiger partial charge in [-0.25, -0.2) is 4.79 Å². The first-order valence-corrected chi connectivity index (χ1v) is 11.2. The minimum absolute atomic E-state index is 0.0400. The molecule has 2 aliphatic rings. The van der Waals surface area contributed by atoms with Gasteiger partial charge in [0, 0.05) is 12.5 Å². The molecule has 1 fully saturated rings. The van der Waals surface area contributed by atoms with Gasteiger partial charge in [0.2, 0.25) is 5.91 Å². The summed E-state index contributed by atoms with van der Waals surface area (Å²) in [5, 5.41) is 12.0. The Hall–Kier alpha value is -3.61. The number of aliphatic carboxylic acids is 1. The summed E-state index contributed by atoms with van der Waals surface area (Å²) in [5.41, 5.74) is 3.88. The Balaban J connectivity index is 1.39. The number of carboxylic acids is 1. The molecular formula is C26H28N2O5. The number of carboxylic acid groups (broad SMARTS) is 1. The van der Waals surface area contributed by atoms with Crippen molar-refractivity contribution < 1.29 is 24.2 Å². The van der Waals surface area contributed by atoms with Crippen LogP contribution in [0.5, 0.6) is 0 Å². The number of fused-ring (bicyclic) bond motifs is 3. The number of ether oxygens (including phenoxy) is 1. The molecule has 7 nitrogen and oxygen atoms in total. The normalized spacial score (nSPS) is 15.5. The Morgan fingerprint density at radius 1 is 1.09 bits per heavy atom. The van der Waals surface area contributed by atoms with Gasteiger partial charge in [0.15, 0.2) is 0 Å². The van der Waals surface area contributed by atoms with Gasteiger partial charge in [0.05, 0.1) is 12.0 Å². The van der Waals surface area contributed by atoms with E-state index in [0.29, 0.717) is 12.8 Å². The number of carbonyl (C=O) groups is 3. The highest BCUT2D eigenvalue weighted by molar-refractivity contribution is 5.83. The Labute approximate surface area is 193 Å². The third kappa shape index (κ3) is 4.77. The monoisotopic (exact) mass is 448 g/mol. The molecule has 2 aromatic rings. The van der Waals surface area contributed by atoms with Crippen LogP contribution in [0.2, 0.25) is 0 Å². The van der Waals surface area contributed by atoms with Crippen LogP contribution in [0, 0.1) is 0 Å². The fourth-order valence-electron chi connectivity index (χ4n) is 4.78. The van der Waals surface area contributed by atoms with Gasteiger partial charge in [-0.1, -0.05) is 54.6 Å². The predicted molar refractivity (Wildman–Crippen MR) is 124 cm³/mol. The van der Waals surface area contributed by atoms with E-state index in [9.17, 15) is 14.4 Å². The quantitative estimate of drug-likeness (QED) is 0.567. The van der Waals surface area contributed by atoms with Crippen molar-refractivity contribution in [3.63, 3.8) is 0 Å². The van der Waals surface area contributed by atoms with Gasteiger partial charge in [0.1, 0.15) is 13.2 Å². The summed E-state index contributed by atoms with van der Waals surface area (Å²) in [7, 11) is 0. The van der Waals surface area contributed by atoms with Gasteiger partial charge >= 0.3 is 12.1 Å². The third-order valence-corrected chi connectivity index (χ3v) is 6.54. The molecule has 0 aliphatic heterocycles. The van der Waals surface area contributed by atoms with Gasteiger partial charge in [-0.2, -0.15) is 0 Å². The van der Waals surface area contributed by atoms with E-state index < -0.39 is 24.1 Å². The standard InChI is InChI=1S/C26H28N2O5/c1-2-14-28(16-24(30)31)23(29)15-26(12-7-13-26)27-25(32)33-17-22-20-10-5-3-8-18(20)19-9-4-6-11-21(19)22/h2-6,8-11,22H,1,7,12-17H2,(H,27,32)(H,30,31). The lowest BCUT2D eigenvalue weighted by molar-refractivity contribution is -0.145. The van der Waals surface area contributed by atoms with Gasteiger partial charge < -0.3 is 20.1 Å². The van der Waals surface area contributed by atoms with Crippen molar-refractivity contribution in [1.82, 2.24) is 10.2 Å². The van der Waals surface area contributed by atoms with E-state index in [4.69, 9.17) is 9.84 Å². The Kier molecular flexibility index (Phi) is 6.49. The van der Waals surface area contributed by atoms with E-state index in [-0.39, 0.29) is 31.4 Å². The minimum Gasteiger partial charge on any atom is -0.480 e.